The van der Waals surface area contributed by atoms with Gasteiger partial charge in [0, 0.05) is 33.1 Å². The largest absolute Gasteiger partial charge is 0.349 e. The maximum absolute atomic E-state index is 11.8. The Kier molecular flexibility index (Phi) is 6.89. The summed E-state index contributed by atoms with van der Waals surface area (Å²) in [6.07, 6.45) is 1.10. The molecule has 0 spiro atoms. The van der Waals surface area contributed by atoms with E-state index >= 15 is 0 Å². The second kappa shape index (κ2) is 8.41. The zero-order valence-corrected chi connectivity index (χ0v) is 14.2. The minimum atomic E-state index is -0.233. The summed E-state index contributed by atoms with van der Waals surface area (Å²) in [6.45, 7) is 6.47. The Hall–Kier alpha value is -2.04. The van der Waals surface area contributed by atoms with E-state index in [0.29, 0.717) is 13.0 Å². The number of hydrogen-bond donors (Lipinski definition) is 2. The highest BCUT2D eigenvalue weighted by Gasteiger charge is 2.09. The number of carbonyl (C=O) groups is 2. The van der Waals surface area contributed by atoms with Gasteiger partial charge in [0.15, 0.2) is 0 Å². The topological polar surface area (TPSA) is 61.4 Å². The molecule has 1 aromatic rings. The number of amides is 3. The summed E-state index contributed by atoms with van der Waals surface area (Å²) in [6, 6.07) is 6.21. The predicted octanol–water partition coefficient (Wildman–Crippen LogP) is 2.01. The monoisotopic (exact) mass is 305 g/mol. The maximum atomic E-state index is 11.8. The molecule has 122 valence electrons. The molecule has 0 aliphatic carbocycles. The quantitative estimate of drug-likeness (QED) is 0.844. The van der Waals surface area contributed by atoms with Crippen LogP contribution in [0.5, 0.6) is 0 Å². The number of nitrogens with zero attached hydrogens (tertiary/aromatic N) is 1. The Morgan fingerprint density at radius 3 is 2.27 bits per heavy atom. The SMILES string of the molecule is Cc1cc(C)cc(C[C@H](C)NC(=O)NCCC(=O)N(C)C)c1. The number of rotatable bonds is 6. The van der Waals surface area contributed by atoms with Gasteiger partial charge in [0.1, 0.15) is 0 Å². The molecule has 1 rings (SSSR count). The summed E-state index contributed by atoms with van der Waals surface area (Å²) >= 11 is 0. The molecule has 0 saturated carbocycles. The molecular weight excluding hydrogens is 278 g/mol. The van der Waals surface area contributed by atoms with Crippen LogP contribution in [0.4, 0.5) is 4.79 Å². The number of benzene rings is 1. The molecule has 0 aliphatic rings. The summed E-state index contributed by atoms with van der Waals surface area (Å²) in [5.74, 6) is 0.00332. The first-order valence-corrected chi connectivity index (χ1v) is 7.59. The molecule has 2 N–H and O–H groups in total. The predicted molar refractivity (Wildman–Crippen MR) is 88.9 cm³/mol. The number of nitrogens with one attached hydrogen (secondary N) is 2. The average molecular weight is 305 g/mol. The highest BCUT2D eigenvalue weighted by molar-refractivity contribution is 5.78. The van der Waals surface area contributed by atoms with Crippen molar-refractivity contribution in [3.63, 3.8) is 0 Å². The minimum absolute atomic E-state index is 0.00332. The minimum Gasteiger partial charge on any atom is -0.349 e. The van der Waals surface area contributed by atoms with Gasteiger partial charge in [-0.3, -0.25) is 4.79 Å². The van der Waals surface area contributed by atoms with Crippen molar-refractivity contribution in [3.05, 3.63) is 34.9 Å². The third-order valence-electron chi connectivity index (χ3n) is 3.32. The van der Waals surface area contributed by atoms with Gasteiger partial charge < -0.3 is 15.5 Å². The third-order valence-corrected chi connectivity index (χ3v) is 3.32. The van der Waals surface area contributed by atoms with Gasteiger partial charge in [0.2, 0.25) is 5.91 Å². The van der Waals surface area contributed by atoms with Crippen LogP contribution in [0.3, 0.4) is 0 Å². The lowest BCUT2D eigenvalue weighted by Crippen LogP contribution is -2.42. The van der Waals surface area contributed by atoms with E-state index in [-0.39, 0.29) is 18.0 Å². The van der Waals surface area contributed by atoms with Crippen LogP contribution in [0.2, 0.25) is 0 Å². The summed E-state index contributed by atoms with van der Waals surface area (Å²) in [7, 11) is 3.41. The second-order valence-electron chi connectivity index (χ2n) is 6.04. The van der Waals surface area contributed by atoms with Crippen LogP contribution in [0.15, 0.2) is 18.2 Å². The first kappa shape index (κ1) is 18.0. The second-order valence-corrected chi connectivity index (χ2v) is 6.04. The molecule has 1 atom stereocenters. The molecule has 22 heavy (non-hydrogen) atoms. The van der Waals surface area contributed by atoms with Gasteiger partial charge >= 0.3 is 6.03 Å². The van der Waals surface area contributed by atoms with Crippen molar-refractivity contribution in [1.29, 1.82) is 0 Å². The van der Waals surface area contributed by atoms with Crippen molar-refractivity contribution in [3.8, 4) is 0 Å². The number of urea groups is 1. The van der Waals surface area contributed by atoms with Crippen molar-refractivity contribution in [2.75, 3.05) is 20.6 Å². The van der Waals surface area contributed by atoms with Gasteiger partial charge in [0.25, 0.3) is 0 Å². The third kappa shape index (κ3) is 6.61. The van der Waals surface area contributed by atoms with E-state index in [1.807, 2.05) is 6.92 Å². The van der Waals surface area contributed by atoms with Crippen LogP contribution in [0, 0.1) is 13.8 Å². The molecule has 0 heterocycles. The summed E-state index contributed by atoms with van der Waals surface area (Å²) < 4.78 is 0. The number of carbonyl (C=O) groups excluding carboxylic acids is 2. The number of hydrogen-bond acceptors (Lipinski definition) is 2. The van der Waals surface area contributed by atoms with Crippen LogP contribution >= 0.6 is 0 Å². The average Bonchev–Trinajstić information content (AvgIpc) is 2.36. The van der Waals surface area contributed by atoms with E-state index in [2.05, 4.69) is 42.7 Å². The fourth-order valence-corrected chi connectivity index (χ4v) is 2.37. The first-order valence-electron chi connectivity index (χ1n) is 7.59. The summed E-state index contributed by atoms with van der Waals surface area (Å²) in [5.41, 5.74) is 3.68. The Morgan fingerprint density at radius 1 is 1.14 bits per heavy atom. The van der Waals surface area contributed by atoms with Crippen LogP contribution in [-0.2, 0) is 11.2 Å². The van der Waals surface area contributed by atoms with Gasteiger partial charge in [-0.15, -0.1) is 0 Å². The van der Waals surface area contributed by atoms with Crippen molar-refractivity contribution in [1.82, 2.24) is 15.5 Å². The molecular formula is C17H27N3O2. The van der Waals surface area contributed by atoms with Gasteiger partial charge in [0.05, 0.1) is 0 Å². The highest BCUT2D eigenvalue weighted by Crippen LogP contribution is 2.10. The normalized spacial score (nSPS) is 11.7. The molecule has 1 aromatic carbocycles. The Balaban J connectivity index is 2.36. The summed E-state index contributed by atoms with van der Waals surface area (Å²) in [5, 5.41) is 5.61. The maximum Gasteiger partial charge on any atom is 0.315 e. The van der Waals surface area contributed by atoms with E-state index < -0.39 is 0 Å². The van der Waals surface area contributed by atoms with Crippen molar-refractivity contribution < 1.29 is 9.59 Å². The van der Waals surface area contributed by atoms with Crippen molar-refractivity contribution in [2.45, 2.75) is 39.7 Å². The molecule has 0 unspecified atom stereocenters. The lowest BCUT2D eigenvalue weighted by molar-refractivity contribution is -0.128. The molecule has 3 amide bonds. The van der Waals surface area contributed by atoms with Gasteiger partial charge in [-0.25, -0.2) is 4.79 Å². The van der Waals surface area contributed by atoms with E-state index in [1.165, 1.54) is 21.6 Å². The van der Waals surface area contributed by atoms with Crippen molar-refractivity contribution in [2.24, 2.45) is 0 Å². The lowest BCUT2D eigenvalue weighted by atomic mass is 10.0. The van der Waals surface area contributed by atoms with Crippen LogP contribution in [0.25, 0.3) is 0 Å². The molecule has 0 aliphatic heterocycles. The molecule has 0 radical (unpaired) electrons. The molecule has 0 bridgehead atoms. The van der Waals surface area contributed by atoms with E-state index in [4.69, 9.17) is 0 Å². The van der Waals surface area contributed by atoms with E-state index in [1.54, 1.807) is 14.1 Å². The first-order chi connectivity index (χ1) is 10.3. The van der Waals surface area contributed by atoms with Crippen molar-refractivity contribution >= 4 is 11.9 Å². The Bertz CT molecular complexity index is 506. The standard InChI is InChI=1S/C17H27N3O2/c1-12-8-13(2)10-15(9-12)11-14(3)19-17(22)18-7-6-16(21)20(4)5/h8-10,14H,6-7,11H2,1-5H3,(H2,18,19,22)/t14-/m0/s1. The Labute approximate surface area is 133 Å². The fraction of sp³-hybridized carbons (Fsp3) is 0.529. The zero-order valence-electron chi connectivity index (χ0n) is 14.2. The fourth-order valence-electron chi connectivity index (χ4n) is 2.37. The smallest absolute Gasteiger partial charge is 0.315 e. The van der Waals surface area contributed by atoms with Crippen LogP contribution in [0.1, 0.15) is 30.0 Å². The molecule has 5 heteroatoms. The molecule has 0 aromatic heterocycles. The molecule has 0 saturated heterocycles. The zero-order chi connectivity index (χ0) is 16.7. The van der Waals surface area contributed by atoms with Crippen LogP contribution in [-0.4, -0.2) is 43.5 Å². The van der Waals surface area contributed by atoms with Crippen LogP contribution < -0.4 is 10.6 Å². The van der Waals surface area contributed by atoms with Gasteiger partial charge in [-0.2, -0.15) is 0 Å². The lowest BCUT2D eigenvalue weighted by Gasteiger charge is -2.16. The molecule has 0 fully saturated rings. The highest BCUT2D eigenvalue weighted by atomic mass is 16.2. The molecule has 5 nitrogen and oxygen atoms in total. The van der Waals surface area contributed by atoms with E-state index in [9.17, 15) is 9.59 Å². The van der Waals surface area contributed by atoms with Gasteiger partial charge in [-0.05, 0) is 32.8 Å². The summed E-state index contributed by atoms with van der Waals surface area (Å²) in [4.78, 5) is 24.7. The van der Waals surface area contributed by atoms with Gasteiger partial charge in [-0.1, -0.05) is 29.3 Å². The Morgan fingerprint density at radius 2 is 1.73 bits per heavy atom. The van der Waals surface area contributed by atoms with E-state index in [0.717, 1.165) is 6.42 Å². The number of aryl methyl sites for hydroxylation is 2.